The summed E-state index contributed by atoms with van der Waals surface area (Å²) in [4.78, 5) is 12.1. The first-order valence-corrected chi connectivity index (χ1v) is 7.21. The van der Waals surface area contributed by atoms with Crippen molar-refractivity contribution in [2.75, 3.05) is 13.2 Å². The third kappa shape index (κ3) is 4.70. The Morgan fingerprint density at radius 2 is 2.05 bits per heavy atom. The topological polar surface area (TPSA) is 44.8 Å². The molecule has 5 heteroatoms. The van der Waals surface area contributed by atoms with Gasteiger partial charge in [0.1, 0.15) is 18.2 Å². The van der Waals surface area contributed by atoms with Crippen molar-refractivity contribution in [2.24, 2.45) is 0 Å². The molecule has 0 radical (unpaired) electrons. The molecule has 1 aromatic carbocycles. The Morgan fingerprint density at radius 1 is 1.33 bits per heavy atom. The smallest absolute Gasteiger partial charge is 0.349 e. The number of halogens is 1. The molecule has 116 valence electrons. The first-order valence-electron chi connectivity index (χ1n) is 7.21. The summed E-state index contributed by atoms with van der Waals surface area (Å²) in [5.41, 5.74) is -1.13. The highest BCUT2D eigenvalue weighted by atomic mass is 19.1. The van der Waals surface area contributed by atoms with E-state index < -0.39 is 11.6 Å². The standard InChI is InChI=1S/C16H21FO4/c1-16(2,21-13-8-6-12(17)7-9-13)15(18)20-11-14-5-3-4-10-19-14/h6-9,14H,3-5,10-11H2,1-2H3. The van der Waals surface area contributed by atoms with Crippen molar-refractivity contribution in [2.45, 2.75) is 44.8 Å². The molecule has 1 fully saturated rings. The average Bonchev–Trinajstić information content (AvgIpc) is 2.48. The zero-order valence-electron chi connectivity index (χ0n) is 12.4. The third-order valence-electron chi connectivity index (χ3n) is 3.35. The van der Waals surface area contributed by atoms with E-state index in [2.05, 4.69) is 0 Å². The van der Waals surface area contributed by atoms with Crippen LogP contribution in [0.3, 0.4) is 0 Å². The molecule has 1 heterocycles. The molecule has 4 nitrogen and oxygen atoms in total. The first kappa shape index (κ1) is 15.8. The highest BCUT2D eigenvalue weighted by Crippen LogP contribution is 2.20. The summed E-state index contributed by atoms with van der Waals surface area (Å²) in [7, 11) is 0. The largest absolute Gasteiger partial charge is 0.476 e. The van der Waals surface area contributed by atoms with Gasteiger partial charge >= 0.3 is 5.97 Å². The molecule has 21 heavy (non-hydrogen) atoms. The quantitative estimate of drug-likeness (QED) is 0.783. The van der Waals surface area contributed by atoms with Gasteiger partial charge in [-0.25, -0.2) is 9.18 Å². The number of rotatable bonds is 5. The van der Waals surface area contributed by atoms with Crippen molar-refractivity contribution in [3.63, 3.8) is 0 Å². The second-order valence-electron chi connectivity index (χ2n) is 5.65. The molecule has 1 unspecified atom stereocenters. The number of carbonyl (C=O) groups excluding carboxylic acids is 1. The van der Waals surface area contributed by atoms with Crippen LogP contribution in [0, 0.1) is 5.82 Å². The highest BCUT2D eigenvalue weighted by Gasteiger charge is 2.32. The molecule has 1 atom stereocenters. The minimum Gasteiger partial charge on any atom is -0.476 e. The maximum atomic E-state index is 12.8. The van der Waals surface area contributed by atoms with Crippen molar-refractivity contribution in [1.29, 1.82) is 0 Å². The van der Waals surface area contributed by atoms with Crippen molar-refractivity contribution in [1.82, 2.24) is 0 Å². The fourth-order valence-electron chi connectivity index (χ4n) is 2.12. The molecule has 0 spiro atoms. The molecule has 1 saturated heterocycles. The van der Waals surface area contributed by atoms with E-state index in [0.29, 0.717) is 5.75 Å². The number of esters is 1. The lowest BCUT2D eigenvalue weighted by Gasteiger charge is -2.27. The van der Waals surface area contributed by atoms with Crippen LogP contribution >= 0.6 is 0 Å². The zero-order chi connectivity index (χ0) is 15.3. The monoisotopic (exact) mass is 296 g/mol. The summed E-state index contributed by atoms with van der Waals surface area (Å²) in [6, 6.07) is 5.53. The lowest BCUT2D eigenvalue weighted by molar-refractivity contribution is -0.164. The number of hydrogen-bond acceptors (Lipinski definition) is 4. The maximum Gasteiger partial charge on any atom is 0.349 e. The third-order valence-corrected chi connectivity index (χ3v) is 3.35. The lowest BCUT2D eigenvalue weighted by atomic mass is 10.1. The second kappa shape index (κ2) is 6.89. The average molecular weight is 296 g/mol. The van der Waals surface area contributed by atoms with Gasteiger partial charge in [0, 0.05) is 6.61 Å². The van der Waals surface area contributed by atoms with Crippen LogP contribution in [0.5, 0.6) is 5.75 Å². The molecule has 0 bridgehead atoms. The minimum atomic E-state index is -1.13. The van der Waals surface area contributed by atoms with E-state index in [1.807, 2.05) is 0 Å². The summed E-state index contributed by atoms with van der Waals surface area (Å²) in [6.45, 7) is 4.22. The normalized spacial score (nSPS) is 19.1. The van der Waals surface area contributed by atoms with Gasteiger partial charge in [-0.05, 0) is 57.4 Å². The van der Waals surface area contributed by atoms with Crippen LogP contribution in [0.2, 0.25) is 0 Å². The van der Waals surface area contributed by atoms with Gasteiger partial charge in [0.25, 0.3) is 0 Å². The van der Waals surface area contributed by atoms with Crippen molar-refractivity contribution in [3.8, 4) is 5.75 Å². The van der Waals surface area contributed by atoms with Gasteiger partial charge in [-0.15, -0.1) is 0 Å². The van der Waals surface area contributed by atoms with Crippen molar-refractivity contribution < 1.29 is 23.4 Å². The Morgan fingerprint density at radius 3 is 2.67 bits per heavy atom. The van der Waals surface area contributed by atoms with E-state index in [1.165, 1.54) is 24.3 Å². The van der Waals surface area contributed by atoms with Gasteiger partial charge in [0.15, 0.2) is 5.60 Å². The Bertz CT molecular complexity index is 464. The van der Waals surface area contributed by atoms with E-state index in [-0.39, 0.29) is 18.5 Å². The molecule has 1 aliphatic rings. The van der Waals surface area contributed by atoms with E-state index in [9.17, 15) is 9.18 Å². The zero-order valence-corrected chi connectivity index (χ0v) is 12.4. The summed E-state index contributed by atoms with van der Waals surface area (Å²) >= 11 is 0. The molecule has 0 saturated carbocycles. The molecule has 0 aromatic heterocycles. The second-order valence-corrected chi connectivity index (χ2v) is 5.65. The summed E-state index contributed by atoms with van der Waals surface area (Å²) < 4.78 is 29.2. The minimum absolute atomic E-state index is 0.0238. The van der Waals surface area contributed by atoms with Crippen LogP contribution < -0.4 is 4.74 Å². The predicted molar refractivity (Wildman–Crippen MR) is 75.7 cm³/mol. The van der Waals surface area contributed by atoms with Crippen LogP contribution in [-0.4, -0.2) is 30.9 Å². The van der Waals surface area contributed by atoms with E-state index in [0.717, 1.165) is 25.9 Å². The number of hydrogen-bond donors (Lipinski definition) is 0. The van der Waals surface area contributed by atoms with E-state index in [4.69, 9.17) is 14.2 Å². The molecule has 1 aliphatic heterocycles. The number of ether oxygens (including phenoxy) is 3. The summed E-state index contributed by atoms with van der Waals surface area (Å²) in [5.74, 6) is -0.384. The van der Waals surface area contributed by atoms with Crippen LogP contribution in [-0.2, 0) is 14.3 Å². The Labute approximate surface area is 124 Å². The SMILES string of the molecule is CC(C)(Oc1ccc(F)cc1)C(=O)OCC1CCCCO1. The van der Waals surface area contributed by atoms with Crippen LogP contribution in [0.1, 0.15) is 33.1 Å². The molecule has 0 aliphatic carbocycles. The molecular weight excluding hydrogens is 275 g/mol. The summed E-state index contributed by atoms with van der Waals surface area (Å²) in [6.07, 6.45) is 3.04. The van der Waals surface area contributed by atoms with Crippen LogP contribution in [0.15, 0.2) is 24.3 Å². The number of benzene rings is 1. The fourth-order valence-corrected chi connectivity index (χ4v) is 2.12. The van der Waals surface area contributed by atoms with Gasteiger partial charge < -0.3 is 14.2 Å². The van der Waals surface area contributed by atoms with E-state index >= 15 is 0 Å². The fraction of sp³-hybridized carbons (Fsp3) is 0.562. The van der Waals surface area contributed by atoms with Crippen LogP contribution in [0.4, 0.5) is 4.39 Å². The van der Waals surface area contributed by atoms with Gasteiger partial charge in [0.2, 0.25) is 0 Å². The Kier molecular flexibility index (Phi) is 5.17. The first-order chi connectivity index (χ1) is 9.97. The highest BCUT2D eigenvalue weighted by molar-refractivity contribution is 5.79. The lowest BCUT2D eigenvalue weighted by Crippen LogP contribution is -2.41. The van der Waals surface area contributed by atoms with Gasteiger partial charge in [-0.1, -0.05) is 0 Å². The van der Waals surface area contributed by atoms with Gasteiger partial charge in [-0.2, -0.15) is 0 Å². The maximum absolute atomic E-state index is 12.8. The summed E-state index contributed by atoms with van der Waals surface area (Å²) in [5, 5.41) is 0. The molecule has 0 N–H and O–H groups in total. The molecule has 0 amide bonds. The van der Waals surface area contributed by atoms with Crippen molar-refractivity contribution in [3.05, 3.63) is 30.1 Å². The van der Waals surface area contributed by atoms with E-state index in [1.54, 1.807) is 13.8 Å². The van der Waals surface area contributed by atoms with Crippen molar-refractivity contribution >= 4 is 5.97 Å². The van der Waals surface area contributed by atoms with Gasteiger partial charge in [-0.3, -0.25) is 0 Å². The Hall–Kier alpha value is -1.62. The van der Waals surface area contributed by atoms with Crippen LogP contribution in [0.25, 0.3) is 0 Å². The predicted octanol–water partition coefficient (Wildman–Crippen LogP) is 3.10. The molecule has 2 rings (SSSR count). The number of carbonyl (C=O) groups is 1. The Balaban J connectivity index is 1.85. The molecule has 1 aromatic rings. The van der Waals surface area contributed by atoms with Gasteiger partial charge in [0.05, 0.1) is 6.10 Å². The molecular formula is C16H21FO4.